The van der Waals surface area contributed by atoms with Gasteiger partial charge in [-0.15, -0.1) is 0 Å². The van der Waals surface area contributed by atoms with Gasteiger partial charge in [0.25, 0.3) is 6.47 Å². The lowest BCUT2D eigenvalue weighted by atomic mass is 10.3. The van der Waals surface area contributed by atoms with E-state index in [0.29, 0.717) is 13.1 Å². The first-order valence-electron chi connectivity index (χ1n) is 2.60. The second-order valence-corrected chi connectivity index (χ2v) is 1.72. The van der Waals surface area contributed by atoms with Crippen LogP contribution in [0.4, 0.5) is 0 Å². The first kappa shape index (κ1) is 5.56. The topological polar surface area (TPSA) is 35.5 Å². The molecule has 0 spiro atoms. The summed E-state index contributed by atoms with van der Waals surface area (Å²) in [6.45, 7) is 1.76. The van der Waals surface area contributed by atoms with Crippen LogP contribution in [-0.4, -0.2) is 25.8 Å². The van der Waals surface area contributed by atoms with Gasteiger partial charge in [0.1, 0.15) is 6.10 Å². The van der Waals surface area contributed by atoms with Crippen molar-refractivity contribution in [3.8, 4) is 0 Å². The second kappa shape index (κ2) is 2.67. The molecule has 0 aromatic heterocycles. The lowest BCUT2D eigenvalue weighted by Gasteiger charge is -2.01. The fourth-order valence-electron chi connectivity index (χ4n) is 0.699. The lowest BCUT2D eigenvalue weighted by molar-refractivity contribution is -0.133. The van der Waals surface area contributed by atoms with E-state index < -0.39 is 0 Å². The van der Waals surface area contributed by atoms with Crippen LogP contribution < -0.4 is 0 Å². The van der Waals surface area contributed by atoms with E-state index >= 15 is 0 Å². The molecule has 1 aliphatic heterocycles. The Kier molecular flexibility index (Phi) is 1.86. The Bertz CT molecular complexity index is 75.7. The molecule has 1 heterocycles. The van der Waals surface area contributed by atoms with E-state index in [1.54, 1.807) is 0 Å². The van der Waals surface area contributed by atoms with Gasteiger partial charge < -0.3 is 9.47 Å². The average molecular weight is 116 g/mol. The van der Waals surface area contributed by atoms with E-state index in [-0.39, 0.29) is 6.10 Å². The SMILES string of the molecule is O=CO[C@H]1CCOC1. The molecule has 8 heavy (non-hydrogen) atoms. The fourth-order valence-corrected chi connectivity index (χ4v) is 0.699. The maximum Gasteiger partial charge on any atom is 0.293 e. The van der Waals surface area contributed by atoms with Crippen molar-refractivity contribution in [1.82, 2.24) is 0 Å². The third-order valence-electron chi connectivity index (χ3n) is 1.14. The Hall–Kier alpha value is -0.570. The third-order valence-corrected chi connectivity index (χ3v) is 1.14. The maximum atomic E-state index is 9.68. The van der Waals surface area contributed by atoms with Crippen LogP contribution in [0, 0.1) is 0 Å². The first-order valence-corrected chi connectivity index (χ1v) is 2.60. The summed E-state index contributed by atoms with van der Waals surface area (Å²) in [5.74, 6) is 0. The molecule has 3 heteroatoms. The summed E-state index contributed by atoms with van der Waals surface area (Å²) < 4.78 is 9.52. The van der Waals surface area contributed by atoms with Crippen LogP contribution in [0.25, 0.3) is 0 Å². The number of hydrogen-bond donors (Lipinski definition) is 0. The Morgan fingerprint density at radius 2 is 2.62 bits per heavy atom. The van der Waals surface area contributed by atoms with Crippen molar-refractivity contribution in [3.05, 3.63) is 0 Å². The third kappa shape index (κ3) is 1.20. The van der Waals surface area contributed by atoms with Crippen molar-refractivity contribution in [2.75, 3.05) is 13.2 Å². The summed E-state index contributed by atoms with van der Waals surface area (Å²) in [7, 11) is 0. The molecule has 0 amide bonds. The number of hydrogen-bond acceptors (Lipinski definition) is 3. The molecule has 0 unspecified atom stereocenters. The zero-order chi connectivity index (χ0) is 5.82. The minimum Gasteiger partial charge on any atom is -0.462 e. The van der Waals surface area contributed by atoms with E-state index in [4.69, 9.17) is 4.74 Å². The Balaban J connectivity index is 2.14. The van der Waals surface area contributed by atoms with Crippen LogP contribution in [0.3, 0.4) is 0 Å². The van der Waals surface area contributed by atoms with Gasteiger partial charge in [0.05, 0.1) is 13.2 Å². The molecule has 0 bridgehead atoms. The van der Waals surface area contributed by atoms with Gasteiger partial charge in [0.15, 0.2) is 0 Å². The highest BCUT2D eigenvalue weighted by molar-refractivity contribution is 5.37. The van der Waals surface area contributed by atoms with Crippen molar-refractivity contribution < 1.29 is 14.3 Å². The molecule has 1 saturated heterocycles. The lowest BCUT2D eigenvalue weighted by Crippen LogP contribution is -2.10. The summed E-state index contributed by atoms with van der Waals surface area (Å²) >= 11 is 0. The fraction of sp³-hybridized carbons (Fsp3) is 0.800. The second-order valence-electron chi connectivity index (χ2n) is 1.72. The van der Waals surface area contributed by atoms with Crippen LogP contribution in [-0.2, 0) is 14.3 Å². The predicted molar refractivity (Wildman–Crippen MR) is 26.4 cm³/mol. The number of carbonyl (C=O) groups is 1. The normalized spacial score (nSPS) is 27.8. The first-order chi connectivity index (χ1) is 3.93. The van der Waals surface area contributed by atoms with Gasteiger partial charge in [-0.1, -0.05) is 0 Å². The molecule has 1 fully saturated rings. The standard InChI is InChI=1S/C5H8O3/c6-4-8-5-1-2-7-3-5/h4-5H,1-3H2/t5-/m0/s1. The van der Waals surface area contributed by atoms with Crippen molar-refractivity contribution in [2.45, 2.75) is 12.5 Å². The molecule has 0 aromatic rings. The monoisotopic (exact) mass is 116 g/mol. The minimum absolute atomic E-state index is 0.0208. The summed E-state index contributed by atoms with van der Waals surface area (Å²) in [6.07, 6.45) is 0.867. The molecule has 0 N–H and O–H groups in total. The molecule has 1 aliphatic rings. The molecular weight excluding hydrogens is 108 g/mol. The van der Waals surface area contributed by atoms with Crippen molar-refractivity contribution in [3.63, 3.8) is 0 Å². The largest absolute Gasteiger partial charge is 0.462 e. The zero-order valence-electron chi connectivity index (χ0n) is 4.50. The summed E-state index contributed by atoms with van der Waals surface area (Å²) in [4.78, 5) is 9.68. The molecule has 46 valence electrons. The molecule has 0 aromatic carbocycles. The van der Waals surface area contributed by atoms with Crippen molar-refractivity contribution in [2.24, 2.45) is 0 Å². The molecular formula is C5H8O3. The smallest absolute Gasteiger partial charge is 0.293 e. The predicted octanol–water partition coefficient (Wildman–Crippen LogP) is -0.0517. The quantitative estimate of drug-likeness (QED) is 0.474. The van der Waals surface area contributed by atoms with E-state index in [1.165, 1.54) is 0 Å². The van der Waals surface area contributed by atoms with Gasteiger partial charge in [-0.05, 0) is 0 Å². The van der Waals surface area contributed by atoms with E-state index in [0.717, 1.165) is 13.0 Å². The Labute approximate surface area is 47.6 Å². The summed E-state index contributed by atoms with van der Waals surface area (Å²) in [5.41, 5.74) is 0. The average Bonchev–Trinajstić information content (AvgIpc) is 2.19. The minimum atomic E-state index is 0.0208. The highest BCUT2D eigenvalue weighted by Gasteiger charge is 2.15. The molecule has 1 atom stereocenters. The van der Waals surface area contributed by atoms with Crippen LogP contribution in [0.15, 0.2) is 0 Å². The number of ether oxygens (including phenoxy) is 2. The summed E-state index contributed by atoms with van der Waals surface area (Å²) in [5, 5.41) is 0. The van der Waals surface area contributed by atoms with Crippen LogP contribution in [0.1, 0.15) is 6.42 Å². The summed E-state index contributed by atoms with van der Waals surface area (Å²) in [6, 6.07) is 0. The van der Waals surface area contributed by atoms with Gasteiger partial charge in [0, 0.05) is 6.42 Å². The molecule has 3 nitrogen and oxygen atoms in total. The van der Waals surface area contributed by atoms with Crippen LogP contribution in [0.5, 0.6) is 0 Å². The van der Waals surface area contributed by atoms with Gasteiger partial charge in [-0.25, -0.2) is 0 Å². The van der Waals surface area contributed by atoms with Gasteiger partial charge >= 0.3 is 0 Å². The van der Waals surface area contributed by atoms with E-state index in [9.17, 15) is 4.79 Å². The Morgan fingerprint density at radius 3 is 3.12 bits per heavy atom. The van der Waals surface area contributed by atoms with Gasteiger partial charge in [-0.2, -0.15) is 0 Å². The van der Waals surface area contributed by atoms with Gasteiger partial charge in [-0.3, -0.25) is 4.79 Å². The van der Waals surface area contributed by atoms with Gasteiger partial charge in [0.2, 0.25) is 0 Å². The van der Waals surface area contributed by atoms with Crippen molar-refractivity contribution >= 4 is 6.47 Å². The highest BCUT2D eigenvalue weighted by Crippen LogP contribution is 2.05. The van der Waals surface area contributed by atoms with E-state index in [1.807, 2.05) is 0 Å². The molecule has 1 rings (SSSR count). The van der Waals surface area contributed by atoms with Crippen molar-refractivity contribution in [1.29, 1.82) is 0 Å². The number of carbonyl (C=O) groups excluding carboxylic acids is 1. The Morgan fingerprint density at radius 1 is 1.75 bits per heavy atom. The van der Waals surface area contributed by atoms with E-state index in [2.05, 4.69) is 4.74 Å². The maximum absolute atomic E-state index is 9.68. The number of rotatable bonds is 2. The zero-order valence-corrected chi connectivity index (χ0v) is 4.50. The van der Waals surface area contributed by atoms with Crippen LogP contribution >= 0.6 is 0 Å². The molecule has 0 saturated carbocycles. The van der Waals surface area contributed by atoms with Crippen LogP contribution in [0.2, 0.25) is 0 Å². The molecule has 0 radical (unpaired) electrons. The highest BCUT2D eigenvalue weighted by atomic mass is 16.6. The molecule has 0 aliphatic carbocycles.